The fourth-order valence-electron chi connectivity index (χ4n) is 3.48. The quantitative estimate of drug-likeness (QED) is 0.731. The van der Waals surface area contributed by atoms with Gasteiger partial charge in [0.05, 0.1) is 24.8 Å². The van der Waals surface area contributed by atoms with Crippen molar-refractivity contribution in [2.45, 2.75) is 18.9 Å². The second-order valence-electron chi connectivity index (χ2n) is 7.40. The first-order valence-corrected chi connectivity index (χ1v) is 9.75. The van der Waals surface area contributed by atoms with Gasteiger partial charge in [-0.25, -0.2) is 4.79 Å². The van der Waals surface area contributed by atoms with E-state index >= 15 is 0 Å². The topological polar surface area (TPSA) is 121 Å². The van der Waals surface area contributed by atoms with Crippen LogP contribution in [0.1, 0.15) is 24.5 Å². The molecular weight excluding hydrogens is 400 g/mol. The summed E-state index contributed by atoms with van der Waals surface area (Å²) < 4.78 is 11.3. The van der Waals surface area contributed by atoms with E-state index in [1.165, 1.54) is 0 Å². The Kier molecular flexibility index (Phi) is 5.21. The van der Waals surface area contributed by atoms with Crippen molar-refractivity contribution in [3.05, 3.63) is 53.6 Å². The zero-order valence-corrected chi connectivity index (χ0v) is 16.8. The van der Waals surface area contributed by atoms with E-state index in [2.05, 4.69) is 10.6 Å². The summed E-state index contributed by atoms with van der Waals surface area (Å²) in [5.41, 5.74) is 0.112. The number of rotatable bonds is 4. The molecule has 2 aromatic rings. The first-order chi connectivity index (χ1) is 14.9. The molecule has 2 heterocycles. The predicted octanol–water partition coefficient (Wildman–Crippen LogP) is 2.13. The molecule has 9 nitrogen and oxygen atoms in total. The number of carbonyl (C=O) groups is 3. The van der Waals surface area contributed by atoms with Crippen LogP contribution >= 0.6 is 0 Å². The Morgan fingerprint density at radius 2 is 1.87 bits per heavy atom. The number of benzene rings is 2. The van der Waals surface area contributed by atoms with Crippen LogP contribution in [0.4, 0.5) is 10.5 Å². The lowest BCUT2D eigenvalue weighted by Crippen LogP contribution is -2.42. The van der Waals surface area contributed by atoms with E-state index in [-0.39, 0.29) is 0 Å². The molecule has 4 rings (SSSR count). The SMILES string of the molecule is C[C@]1(c2ccc3c(c2)OCCCO3)NC(=O)N(CC(=O)Nc2ccc(C#N)cc2)C1=O. The van der Waals surface area contributed by atoms with E-state index in [1.807, 2.05) is 6.07 Å². The molecule has 0 unspecified atom stereocenters. The van der Waals surface area contributed by atoms with Crippen molar-refractivity contribution < 1.29 is 23.9 Å². The molecule has 2 N–H and O–H groups in total. The van der Waals surface area contributed by atoms with Gasteiger partial charge in [-0.15, -0.1) is 0 Å². The van der Waals surface area contributed by atoms with Crippen LogP contribution in [-0.2, 0) is 15.1 Å². The second-order valence-corrected chi connectivity index (χ2v) is 7.40. The van der Waals surface area contributed by atoms with E-state index < -0.39 is 29.9 Å². The van der Waals surface area contributed by atoms with Crippen molar-refractivity contribution in [1.29, 1.82) is 5.26 Å². The van der Waals surface area contributed by atoms with Gasteiger partial charge < -0.3 is 20.1 Å². The first kappa shape index (κ1) is 20.2. The number of fused-ring (bicyclic) bond motifs is 1. The number of carbonyl (C=O) groups excluding carboxylic acids is 3. The molecule has 2 aliphatic heterocycles. The Labute approximate surface area is 178 Å². The zero-order valence-electron chi connectivity index (χ0n) is 16.8. The molecule has 1 fully saturated rings. The molecule has 0 aliphatic carbocycles. The van der Waals surface area contributed by atoms with E-state index in [0.717, 1.165) is 11.3 Å². The maximum absolute atomic E-state index is 13.1. The van der Waals surface area contributed by atoms with Gasteiger partial charge in [0.1, 0.15) is 12.1 Å². The van der Waals surface area contributed by atoms with Gasteiger partial charge in [0.2, 0.25) is 5.91 Å². The summed E-state index contributed by atoms with van der Waals surface area (Å²) in [6.45, 7) is 2.19. The van der Waals surface area contributed by atoms with Gasteiger partial charge in [0.15, 0.2) is 11.5 Å². The van der Waals surface area contributed by atoms with Crippen molar-refractivity contribution in [2.24, 2.45) is 0 Å². The number of nitrogens with one attached hydrogen (secondary N) is 2. The van der Waals surface area contributed by atoms with Crippen molar-refractivity contribution >= 4 is 23.5 Å². The smallest absolute Gasteiger partial charge is 0.325 e. The molecule has 9 heteroatoms. The fraction of sp³-hybridized carbons (Fsp3) is 0.273. The van der Waals surface area contributed by atoms with Gasteiger partial charge in [0.25, 0.3) is 5.91 Å². The molecule has 1 saturated heterocycles. The third-order valence-electron chi connectivity index (χ3n) is 5.20. The molecule has 0 radical (unpaired) electrons. The summed E-state index contributed by atoms with van der Waals surface area (Å²) in [5, 5.41) is 14.1. The van der Waals surface area contributed by atoms with Crippen LogP contribution in [-0.4, -0.2) is 42.5 Å². The summed E-state index contributed by atoms with van der Waals surface area (Å²) in [6, 6.07) is 12.7. The lowest BCUT2D eigenvalue weighted by atomic mass is 9.91. The third kappa shape index (κ3) is 3.88. The van der Waals surface area contributed by atoms with Crippen LogP contribution in [0.3, 0.4) is 0 Å². The summed E-state index contributed by atoms with van der Waals surface area (Å²) >= 11 is 0. The molecule has 158 valence electrons. The van der Waals surface area contributed by atoms with Gasteiger partial charge in [-0.1, -0.05) is 6.07 Å². The summed E-state index contributed by atoms with van der Waals surface area (Å²) in [6.07, 6.45) is 0.749. The number of nitriles is 1. The number of anilines is 1. The van der Waals surface area contributed by atoms with Crippen LogP contribution in [0.15, 0.2) is 42.5 Å². The van der Waals surface area contributed by atoms with Crippen molar-refractivity contribution in [1.82, 2.24) is 10.2 Å². The molecule has 4 amide bonds. The van der Waals surface area contributed by atoms with Crippen LogP contribution in [0.5, 0.6) is 11.5 Å². The number of amides is 4. The summed E-state index contributed by atoms with van der Waals surface area (Å²) in [4.78, 5) is 38.9. The number of hydrogen-bond donors (Lipinski definition) is 2. The largest absolute Gasteiger partial charge is 0.490 e. The Hall–Kier alpha value is -4.06. The number of ether oxygens (including phenoxy) is 2. The summed E-state index contributed by atoms with van der Waals surface area (Å²) in [7, 11) is 0. The average Bonchev–Trinajstić information content (AvgIpc) is 2.93. The van der Waals surface area contributed by atoms with Crippen molar-refractivity contribution in [3.8, 4) is 17.6 Å². The highest BCUT2D eigenvalue weighted by molar-refractivity contribution is 6.10. The Morgan fingerprint density at radius 1 is 1.16 bits per heavy atom. The highest BCUT2D eigenvalue weighted by atomic mass is 16.5. The van der Waals surface area contributed by atoms with Crippen molar-refractivity contribution in [3.63, 3.8) is 0 Å². The standard InChI is InChI=1S/C22H20N4O5/c1-22(15-5-8-17-18(11-15)31-10-2-9-30-17)20(28)26(21(29)25-22)13-19(27)24-16-6-3-14(12-23)4-7-16/h3-8,11H,2,9-10,13H2,1H3,(H,24,27)(H,25,29)/t22-/m1/s1. The number of imide groups is 1. The van der Waals surface area contributed by atoms with Crippen LogP contribution < -0.4 is 20.1 Å². The van der Waals surface area contributed by atoms with Crippen molar-refractivity contribution in [2.75, 3.05) is 25.1 Å². The molecular formula is C22H20N4O5. The second kappa shape index (κ2) is 7.99. The van der Waals surface area contributed by atoms with Gasteiger partial charge in [-0.05, 0) is 48.9 Å². The number of hydrogen-bond acceptors (Lipinski definition) is 6. The van der Waals surface area contributed by atoms with Gasteiger partial charge >= 0.3 is 6.03 Å². The number of nitrogens with zero attached hydrogens (tertiary/aromatic N) is 2. The van der Waals surface area contributed by atoms with Crippen LogP contribution in [0, 0.1) is 11.3 Å². The lowest BCUT2D eigenvalue weighted by molar-refractivity contribution is -0.133. The van der Waals surface area contributed by atoms with Gasteiger partial charge in [0, 0.05) is 12.1 Å². The molecule has 1 atom stereocenters. The zero-order chi connectivity index (χ0) is 22.0. The first-order valence-electron chi connectivity index (χ1n) is 9.75. The predicted molar refractivity (Wildman–Crippen MR) is 109 cm³/mol. The Morgan fingerprint density at radius 3 is 2.58 bits per heavy atom. The molecule has 2 aliphatic rings. The molecule has 0 aromatic heterocycles. The van der Waals surface area contributed by atoms with Crippen LogP contribution in [0.25, 0.3) is 0 Å². The molecule has 0 spiro atoms. The highest BCUT2D eigenvalue weighted by Gasteiger charge is 2.49. The maximum atomic E-state index is 13.1. The van der Waals surface area contributed by atoms with E-state index in [0.29, 0.717) is 41.5 Å². The van der Waals surface area contributed by atoms with Gasteiger partial charge in [-0.3, -0.25) is 14.5 Å². The number of urea groups is 1. The van der Waals surface area contributed by atoms with E-state index in [4.69, 9.17) is 14.7 Å². The minimum atomic E-state index is -1.34. The normalized spacial score (nSPS) is 19.9. The van der Waals surface area contributed by atoms with Crippen LogP contribution in [0.2, 0.25) is 0 Å². The average molecular weight is 420 g/mol. The van der Waals surface area contributed by atoms with E-state index in [1.54, 1.807) is 49.4 Å². The lowest BCUT2D eigenvalue weighted by Gasteiger charge is -2.23. The van der Waals surface area contributed by atoms with E-state index in [9.17, 15) is 14.4 Å². The molecule has 2 aromatic carbocycles. The highest BCUT2D eigenvalue weighted by Crippen LogP contribution is 2.36. The Bertz CT molecular complexity index is 1090. The summed E-state index contributed by atoms with van der Waals surface area (Å²) in [5.74, 6) is 0.0219. The monoisotopic (exact) mass is 420 g/mol. The third-order valence-corrected chi connectivity index (χ3v) is 5.20. The maximum Gasteiger partial charge on any atom is 0.325 e. The Balaban J connectivity index is 1.49. The minimum absolute atomic E-state index is 0.440. The minimum Gasteiger partial charge on any atom is -0.490 e. The van der Waals surface area contributed by atoms with Gasteiger partial charge in [-0.2, -0.15) is 5.26 Å². The molecule has 0 saturated carbocycles. The fourth-order valence-corrected chi connectivity index (χ4v) is 3.48. The molecule has 31 heavy (non-hydrogen) atoms. The molecule has 0 bridgehead atoms.